The summed E-state index contributed by atoms with van der Waals surface area (Å²) in [6.07, 6.45) is 4.70. The molecular formula is C21H37NSiTi. The van der Waals surface area contributed by atoms with Crippen molar-refractivity contribution in [3.63, 3.8) is 0 Å². The van der Waals surface area contributed by atoms with Gasteiger partial charge < -0.3 is 0 Å². The van der Waals surface area contributed by atoms with Crippen LogP contribution in [0.2, 0.25) is 10.5 Å². The minimum Gasteiger partial charge on any atom is -0.0149 e. The van der Waals surface area contributed by atoms with Crippen molar-refractivity contribution in [3.8, 4) is 0 Å². The average Bonchev–Trinajstić information content (AvgIpc) is 2.80. The SMILES string of the molecule is C=C(C)C(=C)C.CC(C)(C)[NH][Ti]([CH3])([CH3])[CH]1C=Cc2ccccc21.[SiH4]. The van der Waals surface area contributed by atoms with Crippen LogP contribution in [0.3, 0.4) is 0 Å². The van der Waals surface area contributed by atoms with Gasteiger partial charge in [-0.05, 0) is 24.8 Å². The Kier molecular flexibility index (Phi) is 8.89. The Hall–Kier alpha value is -0.669. The normalized spacial score (nSPS) is 15.7. The van der Waals surface area contributed by atoms with Crippen molar-refractivity contribution in [1.82, 2.24) is 3.80 Å². The van der Waals surface area contributed by atoms with E-state index in [1.165, 1.54) is 11.1 Å². The zero-order valence-corrected chi connectivity index (χ0v) is 17.5. The number of rotatable bonds is 3. The van der Waals surface area contributed by atoms with E-state index in [1.807, 2.05) is 13.8 Å². The standard InChI is InChI=1S/C9H7.C6H10.C4H10N.2CH3.H4Si.Ti/c1-2-5-9-7-3-6-8(9)4-1;1-5(2)6(3)4;1-4(2,3)5;;;;/h1-7H;1,3H2,2,4H3;5H,1-3H3;2*1H3;1H4;/q;;-1;;;;+1. The maximum absolute atomic E-state index is 3.91. The maximum Gasteiger partial charge on any atom is -0.0149 e. The Labute approximate surface area is 158 Å². The van der Waals surface area contributed by atoms with E-state index in [-0.39, 0.29) is 16.5 Å². The molecule has 0 aromatic heterocycles. The molecule has 1 N–H and O–H groups in total. The van der Waals surface area contributed by atoms with Crippen LogP contribution in [0.5, 0.6) is 0 Å². The van der Waals surface area contributed by atoms with E-state index < -0.39 is 16.8 Å². The number of fused-ring (bicyclic) bond motifs is 1. The molecule has 0 amide bonds. The van der Waals surface area contributed by atoms with Crippen LogP contribution in [0.4, 0.5) is 0 Å². The summed E-state index contributed by atoms with van der Waals surface area (Å²) in [5, 5.41) is 4.95. The molecule has 1 nitrogen and oxygen atoms in total. The third-order valence-corrected chi connectivity index (χ3v) is 9.39. The first-order valence-corrected chi connectivity index (χ1v) is 13.1. The Morgan fingerprint density at radius 1 is 1.04 bits per heavy atom. The summed E-state index contributed by atoms with van der Waals surface area (Å²) in [6.45, 7) is 18.0. The molecule has 1 atom stereocenters. The molecule has 0 aliphatic heterocycles. The number of allylic oxidation sites excluding steroid dienone is 3. The molecule has 0 radical (unpaired) electrons. The molecule has 134 valence electrons. The van der Waals surface area contributed by atoms with Crippen LogP contribution in [0.25, 0.3) is 6.08 Å². The van der Waals surface area contributed by atoms with Gasteiger partial charge in [-0.25, -0.2) is 0 Å². The molecule has 0 bridgehead atoms. The van der Waals surface area contributed by atoms with Crippen LogP contribution in [0.1, 0.15) is 50.0 Å². The first kappa shape index (κ1) is 23.3. The zero-order valence-electron chi connectivity index (χ0n) is 16.0. The third-order valence-electron chi connectivity index (χ3n) is 4.00. The van der Waals surface area contributed by atoms with Gasteiger partial charge in [0.2, 0.25) is 0 Å². The van der Waals surface area contributed by atoms with E-state index in [0.717, 1.165) is 11.1 Å². The Balaban J connectivity index is 0.000000655. The molecule has 1 aliphatic carbocycles. The first-order valence-electron chi connectivity index (χ1n) is 8.32. The topological polar surface area (TPSA) is 12.0 Å². The number of hydrogen-bond donors (Lipinski definition) is 1. The van der Waals surface area contributed by atoms with Crippen molar-refractivity contribution in [2.45, 2.75) is 54.8 Å². The van der Waals surface area contributed by atoms with Gasteiger partial charge in [0.1, 0.15) is 0 Å². The molecule has 1 aromatic rings. The molecule has 0 saturated carbocycles. The fourth-order valence-corrected chi connectivity index (χ4v) is 8.71. The molecule has 1 aromatic carbocycles. The van der Waals surface area contributed by atoms with Crippen LogP contribution in [0.15, 0.2) is 54.6 Å². The molecule has 0 spiro atoms. The van der Waals surface area contributed by atoms with Gasteiger partial charge in [-0.1, -0.05) is 24.3 Å². The molecule has 0 heterocycles. The molecule has 24 heavy (non-hydrogen) atoms. The predicted molar refractivity (Wildman–Crippen MR) is 114 cm³/mol. The first-order chi connectivity index (χ1) is 10.4. The molecular weight excluding hydrogens is 342 g/mol. The monoisotopic (exact) mass is 379 g/mol. The summed E-state index contributed by atoms with van der Waals surface area (Å²) < 4.78 is 4.56. The summed E-state index contributed by atoms with van der Waals surface area (Å²) >= 11 is -2.04. The second-order valence-electron chi connectivity index (χ2n) is 8.12. The Bertz CT molecular complexity index is 597. The van der Waals surface area contributed by atoms with Gasteiger partial charge >= 0.3 is 109 Å². The maximum atomic E-state index is 3.91. The van der Waals surface area contributed by atoms with Crippen LogP contribution in [0, 0.1) is 0 Å². The van der Waals surface area contributed by atoms with E-state index in [9.17, 15) is 0 Å². The van der Waals surface area contributed by atoms with Gasteiger partial charge in [-0.3, -0.25) is 0 Å². The van der Waals surface area contributed by atoms with Crippen molar-refractivity contribution >= 4 is 17.0 Å². The third kappa shape index (κ3) is 7.06. The van der Waals surface area contributed by atoms with Crippen LogP contribution in [-0.2, 0) is 16.8 Å². The van der Waals surface area contributed by atoms with Crippen molar-refractivity contribution in [2.75, 3.05) is 0 Å². The molecule has 2 rings (SSSR count). The smallest absolute Gasteiger partial charge is 0.0149 e. The summed E-state index contributed by atoms with van der Waals surface area (Å²) in [5.41, 5.74) is 5.28. The molecule has 1 unspecified atom stereocenters. The van der Waals surface area contributed by atoms with Crippen molar-refractivity contribution in [2.24, 2.45) is 0 Å². The van der Waals surface area contributed by atoms with Gasteiger partial charge in [0.25, 0.3) is 0 Å². The summed E-state index contributed by atoms with van der Waals surface area (Å²) in [4.78, 5) is 0. The van der Waals surface area contributed by atoms with E-state index in [1.54, 1.807) is 0 Å². The van der Waals surface area contributed by atoms with Gasteiger partial charge in [0.15, 0.2) is 0 Å². The predicted octanol–water partition coefficient (Wildman–Crippen LogP) is 4.99. The van der Waals surface area contributed by atoms with E-state index in [4.69, 9.17) is 0 Å². The minimum absolute atomic E-state index is 0. The van der Waals surface area contributed by atoms with Gasteiger partial charge in [0, 0.05) is 0 Å². The average molecular weight is 379 g/mol. The van der Waals surface area contributed by atoms with Crippen molar-refractivity contribution in [1.29, 1.82) is 0 Å². The molecule has 0 fully saturated rings. The number of hydrogen-bond acceptors (Lipinski definition) is 1. The van der Waals surface area contributed by atoms with Gasteiger partial charge in [-0.2, -0.15) is 0 Å². The Morgan fingerprint density at radius 2 is 1.54 bits per heavy atom. The van der Waals surface area contributed by atoms with Crippen molar-refractivity contribution in [3.05, 3.63) is 65.8 Å². The molecule has 3 heteroatoms. The minimum atomic E-state index is -2.04. The number of nitrogens with one attached hydrogen (secondary N) is 1. The van der Waals surface area contributed by atoms with E-state index in [2.05, 4.69) is 84.6 Å². The largest absolute Gasteiger partial charge is 0.0149 e. The summed E-state index contributed by atoms with van der Waals surface area (Å²) in [6, 6.07) is 8.80. The quantitative estimate of drug-likeness (QED) is 0.576. The second kappa shape index (κ2) is 9.15. The fourth-order valence-electron chi connectivity index (χ4n) is 2.92. The zero-order chi connectivity index (χ0) is 17.8. The van der Waals surface area contributed by atoms with Crippen LogP contribution < -0.4 is 3.80 Å². The van der Waals surface area contributed by atoms with Gasteiger partial charge in [0.05, 0.1) is 0 Å². The van der Waals surface area contributed by atoms with Crippen LogP contribution in [-0.4, -0.2) is 16.5 Å². The van der Waals surface area contributed by atoms with Crippen LogP contribution >= 0.6 is 0 Å². The molecule has 1 aliphatic rings. The van der Waals surface area contributed by atoms with E-state index in [0.29, 0.717) is 4.22 Å². The number of benzene rings is 1. The second-order valence-corrected chi connectivity index (χ2v) is 14.9. The summed E-state index contributed by atoms with van der Waals surface area (Å²) in [7, 11) is 0. The van der Waals surface area contributed by atoms with Crippen molar-refractivity contribution < 1.29 is 16.8 Å². The Morgan fingerprint density at radius 3 is 2.00 bits per heavy atom. The van der Waals surface area contributed by atoms with Gasteiger partial charge in [-0.15, -0.1) is 0 Å². The van der Waals surface area contributed by atoms with E-state index >= 15 is 0 Å². The fraction of sp³-hybridized carbons (Fsp3) is 0.429. The summed E-state index contributed by atoms with van der Waals surface area (Å²) in [5.74, 6) is 0. The molecule has 0 saturated heterocycles.